The molecular formula is C17H30ClN3O. The van der Waals surface area contributed by atoms with Crippen LogP contribution in [0.5, 0.6) is 0 Å². The highest BCUT2D eigenvalue weighted by atomic mass is 35.5. The van der Waals surface area contributed by atoms with Crippen LogP contribution >= 0.6 is 12.4 Å². The quantitative estimate of drug-likeness (QED) is 0.812. The standard InChI is InChI=1S/C17H29N3O.ClH/c1-13(2)20-11-9-15(10-12-20)17-18-16(21-19-17)8-7-14-5-3-4-6-14;/h13-15H,3-12H2,1-2H3;1H. The number of halogens is 1. The van der Waals surface area contributed by atoms with Gasteiger partial charge in [-0.3, -0.25) is 0 Å². The zero-order chi connectivity index (χ0) is 14.7. The smallest absolute Gasteiger partial charge is 0.226 e. The summed E-state index contributed by atoms with van der Waals surface area (Å²) in [5, 5.41) is 4.25. The number of aromatic nitrogens is 2. The Bertz CT molecular complexity index is 435. The van der Waals surface area contributed by atoms with E-state index in [1.807, 2.05) is 0 Å². The van der Waals surface area contributed by atoms with Crippen LogP contribution in [0.3, 0.4) is 0 Å². The molecule has 22 heavy (non-hydrogen) atoms. The molecule has 0 aromatic carbocycles. The Morgan fingerprint density at radius 3 is 2.45 bits per heavy atom. The van der Waals surface area contributed by atoms with Gasteiger partial charge in [-0.25, -0.2) is 0 Å². The van der Waals surface area contributed by atoms with Gasteiger partial charge in [0.15, 0.2) is 5.82 Å². The summed E-state index contributed by atoms with van der Waals surface area (Å²) in [6.45, 7) is 6.87. The van der Waals surface area contributed by atoms with E-state index in [1.165, 1.54) is 44.9 Å². The van der Waals surface area contributed by atoms with Crippen LogP contribution in [-0.2, 0) is 6.42 Å². The van der Waals surface area contributed by atoms with Gasteiger partial charge in [0.05, 0.1) is 0 Å². The summed E-state index contributed by atoms with van der Waals surface area (Å²) in [4.78, 5) is 7.21. The Morgan fingerprint density at radius 1 is 1.14 bits per heavy atom. The highest BCUT2D eigenvalue weighted by Crippen LogP contribution is 2.30. The van der Waals surface area contributed by atoms with Crippen LogP contribution in [0.2, 0.25) is 0 Å². The average molecular weight is 328 g/mol. The first-order chi connectivity index (χ1) is 10.2. The number of hydrogen-bond acceptors (Lipinski definition) is 4. The normalized spacial score (nSPS) is 21.4. The van der Waals surface area contributed by atoms with Gasteiger partial charge in [0.1, 0.15) is 0 Å². The number of aryl methyl sites for hydroxylation is 1. The van der Waals surface area contributed by atoms with E-state index in [2.05, 4.69) is 28.9 Å². The number of piperidine rings is 1. The molecule has 2 heterocycles. The maximum Gasteiger partial charge on any atom is 0.226 e. The Morgan fingerprint density at radius 2 is 1.82 bits per heavy atom. The van der Waals surface area contributed by atoms with E-state index in [0.29, 0.717) is 12.0 Å². The van der Waals surface area contributed by atoms with E-state index in [4.69, 9.17) is 4.52 Å². The van der Waals surface area contributed by atoms with Gasteiger partial charge in [0.25, 0.3) is 0 Å². The van der Waals surface area contributed by atoms with Crippen molar-refractivity contribution in [2.75, 3.05) is 13.1 Å². The maximum atomic E-state index is 5.48. The van der Waals surface area contributed by atoms with Gasteiger partial charge in [-0.2, -0.15) is 4.98 Å². The minimum Gasteiger partial charge on any atom is -0.339 e. The SMILES string of the molecule is CC(C)N1CCC(c2noc(CCC3CCCC3)n2)CC1.Cl. The van der Waals surface area contributed by atoms with Gasteiger partial charge >= 0.3 is 0 Å². The van der Waals surface area contributed by atoms with Crippen molar-refractivity contribution in [3.63, 3.8) is 0 Å². The molecule has 1 saturated carbocycles. The van der Waals surface area contributed by atoms with E-state index in [9.17, 15) is 0 Å². The zero-order valence-electron chi connectivity index (χ0n) is 14.0. The molecule has 0 amide bonds. The topological polar surface area (TPSA) is 42.2 Å². The molecule has 0 radical (unpaired) electrons. The molecule has 0 atom stereocenters. The highest BCUT2D eigenvalue weighted by molar-refractivity contribution is 5.85. The van der Waals surface area contributed by atoms with Crippen molar-refractivity contribution in [1.82, 2.24) is 15.0 Å². The summed E-state index contributed by atoms with van der Waals surface area (Å²) in [6.07, 6.45) is 10.2. The van der Waals surface area contributed by atoms with Crippen molar-refractivity contribution in [3.05, 3.63) is 11.7 Å². The lowest BCUT2D eigenvalue weighted by atomic mass is 9.95. The monoisotopic (exact) mass is 327 g/mol. The summed E-state index contributed by atoms with van der Waals surface area (Å²) >= 11 is 0. The lowest BCUT2D eigenvalue weighted by molar-refractivity contribution is 0.168. The average Bonchev–Trinajstić information content (AvgIpc) is 3.17. The van der Waals surface area contributed by atoms with Crippen LogP contribution < -0.4 is 0 Å². The number of likely N-dealkylation sites (tertiary alicyclic amines) is 1. The fraction of sp³-hybridized carbons (Fsp3) is 0.882. The molecule has 0 N–H and O–H groups in total. The van der Waals surface area contributed by atoms with Crippen molar-refractivity contribution >= 4 is 12.4 Å². The van der Waals surface area contributed by atoms with Gasteiger partial charge < -0.3 is 9.42 Å². The van der Waals surface area contributed by atoms with E-state index in [0.717, 1.165) is 37.1 Å². The summed E-state index contributed by atoms with van der Waals surface area (Å²) in [7, 11) is 0. The van der Waals surface area contributed by atoms with Crippen molar-refractivity contribution in [1.29, 1.82) is 0 Å². The number of hydrogen-bond donors (Lipinski definition) is 0. The predicted molar refractivity (Wildman–Crippen MR) is 90.5 cm³/mol. The third kappa shape index (κ3) is 4.45. The fourth-order valence-electron chi connectivity index (χ4n) is 3.84. The van der Waals surface area contributed by atoms with Gasteiger partial charge in [-0.05, 0) is 52.1 Å². The van der Waals surface area contributed by atoms with Crippen molar-refractivity contribution < 1.29 is 4.52 Å². The minimum absolute atomic E-state index is 0. The lowest BCUT2D eigenvalue weighted by Gasteiger charge is -2.33. The molecule has 0 bridgehead atoms. The second-order valence-electron chi connectivity index (χ2n) is 7.14. The Kier molecular flexibility index (Phi) is 6.69. The molecule has 2 aliphatic rings. The van der Waals surface area contributed by atoms with E-state index in [1.54, 1.807) is 0 Å². The first kappa shape index (κ1) is 17.7. The number of nitrogens with zero attached hydrogens (tertiary/aromatic N) is 3. The number of rotatable bonds is 5. The molecule has 0 spiro atoms. The van der Waals surface area contributed by atoms with Gasteiger partial charge in [-0.1, -0.05) is 30.8 Å². The Balaban J connectivity index is 0.00000176. The van der Waals surface area contributed by atoms with E-state index in [-0.39, 0.29) is 12.4 Å². The van der Waals surface area contributed by atoms with Crippen LogP contribution in [0.1, 0.15) is 76.4 Å². The summed E-state index contributed by atoms with van der Waals surface area (Å²) in [6, 6.07) is 0.651. The molecule has 1 aromatic rings. The lowest BCUT2D eigenvalue weighted by Crippen LogP contribution is -2.38. The maximum absolute atomic E-state index is 5.48. The second-order valence-corrected chi connectivity index (χ2v) is 7.14. The fourth-order valence-corrected chi connectivity index (χ4v) is 3.84. The van der Waals surface area contributed by atoms with Crippen LogP contribution in [0.15, 0.2) is 4.52 Å². The molecule has 1 aliphatic heterocycles. The van der Waals surface area contributed by atoms with Crippen LogP contribution in [0, 0.1) is 5.92 Å². The van der Waals surface area contributed by atoms with Crippen LogP contribution in [0.4, 0.5) is 0 Å². The minimum atomic E-state index is 0. The Hall–Kier alpha value is -0.610. The molecule has 1 saturated heterocycles. The second kappa shape index (κ2) is 8.30. The molecule has 126 valence electrons. The third-order valence-electron chi connectivity index (χ3n) is 5.35. The molecule has 4 nitrogen and oxygen atoms in total. The molecule has 1 aliphatic carbocycles. The third-order valence-corrected chi connectivity index (χ3v) is 5.35. The van der Waals surface area contributed by atoms with Gasteiger partial charge in [0.2, 0.25) is 5.89 Å². The first-order valence-electron chi connectivity index (χ1n) is 8.79. The van der Waals surface area contributed by atoms with Crippen LogP contribution in [0.25, 0.3) is 0 Å². The Labute approximate surface area is 140 Å². The van der Waals surface area contributed by atoms with Gasteiger partial charge in [0, 0.05) is 18.4 Å². The van der Waals surface area contributed by atoms with Crippen molar-refractivity contribution in [2.45, 2.75) is 77.2 Å². The molecular weight excluding hydrogens is 298 g/mol. The highest BCUT2D eigenvalue weighted by Gasteiger charge is 2.25. The van der Waals surface area contributed by atoms with E-state index < -0.39 is 0 Å². The molecule has 2 fully saturated rings. The summed E-state index contributed by atoms with van der Waals surface area (Å²) in [5.74, 6) is 3.22. The molecule has 1 aromatic heterocycles. The van der Waals surface area contributed by atoms with Gasteiger partial charge in [-0.15, -0.1) is 12.4 Å². The van der Waals surface area contributed by atoms with Crippen molar-refractivity contribution in [2.24, 2.45) is 5.92 Å². The zero-order valence-corrected chi connectivity index (χ0v) is 14.8. The largest absolute Gasteiger partial charge is 0.339 e. The van der Waals surface area contributed by atoms with Crippen LogP contribution in [-0.4, -0.2) is 34.2 Å². The summed E-state index contributed by atoms with van der Waals surface area (Å²) < 4.78 is 5.48. The molecule has 3 rings (SSSR count). The molecule has 5 heteroatoms. The predicted octanol–water partition coefficient (Wildman–Crippen LogP) is 4.20. The van der Waals surface area contributed by atoms with Crippen molar-refractivity contribution in [3.8, 4) is 0 Å². The first-order valence-corrected chi connectivity index (χ1v) is 8.79. The molecule has 0 unspecified atom stereocenters. The van der Waals surface area contributed by atoms with E-state index >= 15 is 0 Å². The summed E-state index contributed by atoms with van der Waals surface area (Å²) in [5.41, 5.74) is 0.